The molecular weight excluding hydrogens is 386 g/mol. The molecule has 7 heteroatoms. The number of pyridine rings is 1. The van der Waals surface area contributed by atoms with Crippen LogP contribution >= 0.6 is 11.8 Å². The fourth-order valence-corrected chi connectivity index (χ4v) is 5.84. The summed E-state index contributed by atoms with van der Waals surface area (Å²) in [5.41, 5.74) is 0.611. The van der Waals surface area contributed by atoms with Crippen LogP contribution < -0.4 is 5.32 Å². The Bertz CT molecular complexity index is 745. The van der Waals surface area contributed by atoms with E-state index in [2.05, 4.69) is 10.3 Å². The van der Waals surface area contributed by atoms with Crippen molar-refractivity contribution >= 4 is 28.7 Å². The van der Waals surface area contributed by atoms with Gasteiger partial charge in [-0.1, -0.05) is 43.5 Å². The first-order valence-corrected chi connectivity index (χ1v) is 11.8. The quantitative estimate of drug-likeness (QED) is 0.772. The molecule has 4 rings (SSSR count). The van der Waals surface area contributed by atoms with Crippen molar-refractivity contribution in [1.82, 2.24) is 15.2 Å². The first-order chi connectivity index (χ1) is 14.1. The summed E-state index contributed by atoms with van der Waals surface area (Å²) >= 11 is 1.23. The minimum atomic E-state index is -0.729. The van der Waals surface area contributed by atoms with E-state index >= 15 is 0 Å². The summed E-state index contributed by atoms with van der Waals surface area (Å²) in [5.74, 6) is -0.0148. The summed E-state index contributed by atoms with van der Waals surface area (Å²) in [4.78, 5) is 45.1. The third-order valence-corrected chi connectivity index (χ3v) is 7.43. The van der Waals surface area contributed by atoms with Crippen LogP contribution in [0.15, 0.2) is 24.4 Å². The van der Waals surface area contributed by atoms with Gasteiger partial charge in [-0.15, -0.1) is 0 Å². The Morgan fingerprint density at radius 2 is 1.83 bits per heavy atom. The molecule has 1 aromatic rings. The first kappa shape index (κ1) is 20.4. The minimum absolute atomic E-state index is 0.0320. The van der Waals surface area contributed by atoms with E-state index in [9.17, 15) is 14.4 Å². The lowest BCUT2D eigenvalue weighted by Crippen LogP contribution is -2.51. The van der Waals surface area contributed by atoms with Crippen molar-refractivity contribution in [3.63, 3.8) is 0 Å². The monoisotopic (exact) mass is 415 g/mol. The van der Waals surface area contributed by atoms with E-state index < -0.39 is 6.04 Å². The van der Waals surface area contributed by atoms with Gasteiger partial charge in [0.25, 0.3) is 0 Å². The number of nitrogens with one attached hydrogen (secondary N) is 1. The first-order valence-electron chi connectivity index (χ1n) is 10.8. The van der Waals surface area contributed by atoms with Crippen LogP contribution in [0.25, 0.3) is 0 Å². The van der Waals surface area contributed by atoms with E-state index in [1.165, 1.54) is 11.8 Å². The minimum Gasteiger partial charge on any atom is -0.351 e. The summed E-state index contributed by atoms with van der Waals surface area (Å²) in [5, 5.41) is 3.26. The van der Waals surface area contributed by atoms with Crippen molar-refractivity contribution in [2.75, 3.05) is 5.75 Å². The van der Waals surface area contributed by atoms with E-state index in [1.807, 2.05) is 18.2 Å². The summed E-state index contributed by atoms with van der Waals surface area (Å²) in [6.07, 6.45) is 10.1. The van der Waals surface area contributed by atoms with Crippen molar-refractivity contribution in [2.24, 2.45) is 5.92 Å². The molecule has 3 fully saturated rings. The standard InChI is InChI=1S/C22H29N3O3S/c26-19-13-15(14-29-19)22(28)25(17-9-3-4-10-17)20(18-11-5-6-12-23-18)21(27)24-16-7-1-2-8-16/h5-6,11-12,15-17,20H,1-4,7-10,13-14H2,(H,24,27)/t15-,20+/m1/s1. The second-order valence-corrected chi connectivity index (χ2v) is 9.49. The van der Waals surface area contributed by atoms with Gasteiger partial charge in [0, 0.05) is 30.5 Å². The molecule has 1 aliphatic heterocycles. The van der Waals surface area contributed by atoms with Crippen LogP contribution in [0.3, 0.4) is 0 Å². The number of thioether (sulfide) groups is 1. The van der Waals surface area contributed by atoms with Crippen LogP contribution in [-0.2, 0) is 14.4 Å². The van der Waals surface area contributed by atoms with Crippen molar-refractivity contribution < 1.29 is 14.4 Å². The van der Waals surface area contributed by atoms with E-state index in [1.54, 1.807) is 11.1 Å². The Balaban J connectivity index is 1.65. The van der Waals surface area contributed by atoms with Crippen LogP contribution in [-0.4, -0.2) is 44.7 Å². The number of hydrogen-bond donors (Lipinski definition) is 1. The van der Waals surface area contributed by atoms with Crippen molar-refractivity contribution in [3.8, 4) is 0 Å². The highest BCUT2D eigenvalue weighted by Gasteiger charge is 2.43. The van der Waals surface area contributed by atoms with E-state index in [0.717, 1.165) is 51.4 Å². The molecule has 2 amide bonds. The van der Waals surface area contributed by atoms with Crippen molar-refractivity contribution in [3.05, 3.63) is 30.1 Å². The third kappa shape index (κ3) is 4.65. The highest BCUT2D eigenvalue weighted by Crippen LogP contribution is 2.36. The van der Waals surface area contributed by atoms with Crippen LogP contribution in [0.5, 0.6) is 0 Å². The van der Waals surface area contributed by atoms with E-state index in [0.29, 0.717) is 11.4 Å². The number of carbonyl (C=O) groups is 3. The lowest BCUT2D eigenvalue weighted by molar-refractivity contribution is -0.147. The van der Waals surface area contributed by atoms with Gasteiger partial charge in [-0.25, -0.2) is 0 Å². The number of aromatic nitrogens is 1. The van der Waals surface area contributed by atoms with Crippen molar-refractivity contribution in [1.29, 1.82) is 0 Å². The molecule has 29 heavy (non-hydrogen) atoms. The normalized spacial score (nSPS) is 24.0. The maximum absolute atomic E-state index is 13.6. The predicted octanol–water partition coefficient (Wildman–Crippen LogP) is 3.23. The number of rotatable bonds is 6. The van der Waals surface area contributed by atoms with Gasteiger partial charge in [0.05, 0.1) is 11.6 Å². The van der Waals surface area contributed by atoms with Gasteiger partial charge in [0.1, 0.15) is 0 Å². The zero-order valence-electron chi connectivity index (χ0n) is 16.7. The zero-order chi connectivity index (χ0) is 20.2. The highest BCUT2D eigenvalue weighted by atomic mass is 32.2. The molecule has 3 aliphatic rings. The average Bonchev–Trinajstić information content (AvgIpc) is 3.49. The largest absolute Gasteiger partial charge is 0.351 e. The number of nitrogens with zero attached hydrogens (tertiary/aromatic N) is 2. The van der Waals surface area contributed by atoms with Gasteiger partial charge in [0.2, 0.25) is 11.8 Å². The number of carbonyl (C=O) groups excluding carboxylic acids is 3. The van der Waals surface area contributed by atoms with Gasteiger partial charge >= 0.3 is 0 Å². The van der Waals surface area contributed by atoms with Gasteiger partial charge < -0.3 is 10.2 Å². The Hall–Kier alpha value is -1.89. The molecule has 1 N–H and O–H groups in total. The maximum atomic E-state index is 13.6. The van der Waals surface area contributed by atoms with Gasteiger partial charge in [-0.05, 0) is 37.8 Å². The number of hydrogen-bond acceptors (Lipinski definition) is 5. The summed E-state index contributed by atoms with van der Waals surface area (Å²) in [6, 6.07) is 5.01. The molecule has 1 saturated heterocycles. The lowest BCUT2D eigenvalue weighted by atomic mass is 10.00. The average molecular weight is 416 g/mol. The molecule has 0 unspecified atom stereocenters. The topological polar surface area (TPSA) is 79.4 Å². The molecule has 2 heterocycles. The highest BCUT2D eigenvalue weighted by molar-refractivity contribution is 8.14. The fourth-order valence-electron chi connectivity index (χ4n) is 4.87. The van der Waals surface area contributed by atoms with Crippen LogP contribution in [0.2, 0.25) is 0 Å². The Morgan fingerprint density at radius 1 is 1.10 bits per heavy atom. The summed E-state index contributed by atoms with van der Waals surface area (Å²) < 4.78 is 0. The van der Waals surface area contributed by atoms with Gasteiger partial charge in [-0.2, -0.15) is 0 Å². The maximum Gasteiger partial charge on any atom is 0.249 e. The second kappa shape index (κ2) is 9.28. The molecule has 0 spiro atoms. The fraction of sp³-hybridized carbons (Fsp3) is 0.636. The second-order valence-electron chi connectivity index (χ2n) is 8.41. The van der Waals surface area contributed by atoms with Crippen molar-refractivity contribution in [2.45, 2.75) is 75.9 Å². The van der Waals surface area contributed by atoms with Crippen LogP contribution in [0.1, 0.15) is 69.5 Å². The summed E-state index contributed by atoms with van der Waals surface area (Å²) in [7, 11) is 0. The third-order valence-electron chi connectivity index (χ3n) is 6.38. The molecule has 6 nitrogen and oxygen atoms in total. The molecular formula is C22H29N3O3S. The molecule has 2 aliphatic carbocycles. The molecule has 1 aromatic heterocycles. The molecule has 156 valence electrons. The predicted molar refractivity (Wildman–Crippen MR) is 112 cm³/mol. The molecule has 2 saturated carbocycles. The number of amides is 2. The van der Waals surface area contributed by atoms with Crippen LogP contribution in [0.4, 0.5) is 0 Å². The van der Waals surface area contributed by atoms with E-state index in [-0.39, 0.29) is 41.4 Å². The molecule has 0 aromatic carbocycles. The summed E-state index contributed by atoms with van der Waals surface area (Å²) in [6.45, 7) is 0. The van der Waals surface area contributed by atoms with E-state index in [4.69, 9.17) is 0 Å². The molecule has 2 atom stereocenters. The Kier molecular flexibility index (Phi) is 6.53. The lowest BCUT2D eigenvalue weighted by Gasteiger charge is -2.37. The Labute approximate surface area is 176 Å². The Morgan fingerprint density at radius 3 is 2.45 bits per heavy atom. The van der Waals surface area contributed by atoms with Gasteiger partial charge in [0.15, 0.2) is 11.2 Å². The zero-order valence-corrected chi connectivity index (χ0v) is 17.5. The smallest absolute Gasteiger partial charge is 0.249 e. The van der Waals surface area contributed by atoms with Crippen LogP contribution in [0, 0.1) is 5.92 Å². The molecule has 0 radical (unpaired) electrons. The SMILES string of the molecule is O=C1C[C@@H](C(=O)N(C2CCCC2)[C@H](C(=O)NC2CCCC2)c2ccccn2)CS1. The molecule has 0 bridgehead atoms. The van der Waals surface area contributed by atoms with Gasteiger partial charge in [-0.3, -0.25) is 19.4 Å².